The molecule has 1 aliphatic rings. The van der Waals surface area contributed by atoms with Gasteiger partial charge in [-0.2, -0.15) is 0 Å². The third-order valence-corrected chi connectivity index (χ3v) is 3.59. The molecule has 8 heteroatoms. The van der Waals surface area contributed by atoms with Gasteiger partial charge in [0.05, 0.1) is 0 Å². The highest BCUT2D eigenvalue weighted by Gasteiger charge is 2.18. The summed E-state index contributed by atoms with van der Waals surface area (Å²) in [5, 5.41) is 10.9. The van der Waals surface area contributed by atoms with Crippen LogP contribution >= 0.6 is 11.6 Å². The average molecular weight is 344 g/mol. The number of fused-ring (bicyclic) bond motifs is 1. The lowest BCUT2D eigenvalue weighted by molar-refractivity contribution is 0.0991. The third kappa shape index (κ3) is 2.77. The van der Waals surface area contributed by atoms with Crippen LogP contribution in [0.15, 0.2) is 46.9 Å². The molecule has 0 radical (unpaired) electrons. The Bertz CT molecular complexity index is 908. The number of anilines is 1. The Morgan fingerprint density at radius 3 is 2.67 bits per heavy atom. The second kappa shape index (κ2) is 5.86. The molecule has 1 aromatic heterocycles. The summed E-state index contributed by atoms with van der Waals surface area (Å²) in [7, 11) is 0. The number of hydrogen-bond donors (Lipinski definition) is 1. The molecule has 0 fully saturated rings. The van der Waals surface area contributed by atoms with Gasteiger partial charge in [-0.3, -0.25) is 4.79 Å². The van der Waals surface area contributed by atoms with Crippen molar-refractivity contribution in [2.75, 3.05) is 12.1 Å². The van der Waals surface area contributed by atoms with Crippen LogP contribution in [0.3, 0.4) is 0 Å². The van der Waals surface area contributed by atoms with Crippen molar-refractivity contribution in [1.82, 2.24) is 10.2 Å². The summed E-state index contributed by atoms with van der Waals surface area (Å²) in [6, 6.07) is 11.9. The molecule has 1 aliphatic heterocycles. The van der Waals surface area contributed by atoms with Crippen molar-refractivity contribution < 1.29 is 18.7 Å². The smallest absolute Gasteiger partial charge is 0.313 e. The molecule has 0 atom stereocenters. The van der Waals surface area contributed by atoms with Gasteiger partial charge in [-0.25, -0.2) is 0 Å². The van der Waals surface area contributed by atoms with Crippen molar-refractivity contribution in [2.24, 2.45) is 0 Å². The Morgan fingerprint density at radius 1 is 1.04 bits per heavy atom. The van der Waals surface area contributed by atoms with E-state index in [0.717, 1.165) is 0 Å². The SMILES string of the molecule is O=C(Nc1ccc2c(c1)OCO2)c1nnc(-c2ccc(Cl)cc2)o1. The van der Waals surface area contributed by atoms with E-state index in [1.807, 2.05) is 0 Å². The number of benzene rings is 2. The molecular formula is C16H10ClN3O4. The van der Waals surface area contributed by atoms with E-state index in [2.05, 4.69) is 15.5 Å². The van der Waals surface area contributed by atoms with Gasteiger partial charge >= 0.3 is 11.8 Å². The number of carbonyl (C=O) groups is 1. The minimum Gasteiger partial charge on any atom is -0.454 e. The maximum Gasteiger partial charge on any atom is 0.313 e. The van der Waals surface area contributed by atoms with Gasteiger partial charge in [0.1, 0.15) is 0 Å². The lowest BCUT2D eigenvalue weighted by atomic mass is 10.2. The standard InChI is InChI=1S/C16H10ClN3O4/c17-10-3-1-9(2-4-10)15-19-20-16(24-15)14(21)18-11-5-6-12-13(7-11)23-8-22-12/h1-7H,8H2,(H,18,21). The highest BCUT2D eigenvalue weighted by atomic mass is 35.5. The molecule has 0 saturated carbocycles. The fraction of sp³-hybridized carbons (Fsp3) is 0.0625. The monoisotopic (exact) mass is 343 g/mol. The predicted octanol–water partition coefficient (Wildman–Crippen LogP) is 3.37. The van der Waals surface area contributed by atoms with E-state index < -0.39 is 5.91 Å². The van der Waals surface area contributed by atoms with Crippen molar-refractivity contribution in [1.29, 1.82) is 0 Å². The molecule has 0 spiro atoms. The van der Waals surface area contributed by atoms with Gasteiger partial charge in [0, 0.05) is 22.3 Å². The van der Waals surface area contributed by atoms with Crippen LogP contribution in [0.1, 0.15) is 10.7 Å². The first-order valence-electron chi connectivity index (χ1n) is 6.99. The van der Waals surface area contributed by atoms with Crippen LogP contribution in [0, 0.1) is 0 Å². The van der Waals surface area contributed by atoms with Crippen LogP contribution in [0.2, 0.25) is 5.02 Å². The minimum atomic E-state index is -0.512. The lowest BCUT2D eigenvalue weighted by Crippen LogP contribution is -2.12. The van der Waals surface area contributed by atoms with Crippen molar-refractivity contribution in [3.8, 4) is 23.0 Å². The Hall–Kier alpha value is -3.06. The van der Waals surface area contributed by atoms with E-state index in [-0.39, 0.29) is 18.6 Å². The van der Waals surface area contributed by atoms with Crippen LogP contribution in [0.25, 0.3) is 11.5 Å². The number of hydrogen-bond acceptors (Lipinski definition) is 6. The number of halogens is 1. The third-order valence-electron chi connectivity index (χ3n) is 3.34. The van der Waals surface area contributed by atoms with Crippen LogP contribution < -0.4 is 14.8 Å². The normalized spacial score (nSPS) is 12.2. The van der Waals surface area contributed by atoms with Gasteiger partial charge in [0.25, 0.3) is 0 Å². The topological polar surface area (TPSA) is 86.5 Å². The first-order chi connectivity index (χ1) is 11.7. The second-order valence-electron chi connectivity index (χ2n) is 4.94. The summed E-state index contributed by atoms with van der Waals surface area (Å²) in [4.78, 5) is 12.2. The Kier molecular flexibility index (Phi) is 3.55. The summed E-state index contributed by atoms with van der Waals surface area (Å²) in [6.45, 7) is 0.168. The number of nitrogens with one attached hydrogen (secondary N) is 1. The van der Waals surface area contributed by atoms with E-state index >= 15 is 0 Å². The highest BCUT2D eigenvalue weighted by Crippen LogP contribution is 2.34. The summed E-state index contributed by atoms with van der Waals surface area (Å²) in [6.07, 6.45) is 0. The fourth-order valence-corrected chi connectivity index (χ4v) is 2.31. The van der Waals surface area contributed by atoms with E-state index in [1.54, 1.807) is 42.5 Å². The van der Waals surface area contributed by atoms with E-state index in [1.165, 1.54) is 0 Å². The molecule has 0 aliphatic carbocycles. The molecule has 0 unspecified atom stereocenters. The van der Waals surface area contributed by atoms with Crippen molar-refractivity contribution in [3.05, 3.63) is 53.4 Å². The summed E-state index contributed by atoms with van der Waals surface area (Å²) >= 11 is 5.84. The number of carbonyl (C=O) groups excluding carboxylic acids is 1. The molecule has 0 saturated heterocycles. The van der Waals surface area contributed by atoms with Gasteiger partial charge < -0.3 is 19.2 Å². The molecule has 3 aromatic rings. The number of rotatable bonds is 3. The van der Waals surface area contributed by atoms with E-state index in [0.29, 0.717) is 27.8 Å². The number of aromatic nitrogens is 2. The molecule has 2 aromatic carbocycles. The molecule has 1 N–H and O–H groups in total. The minimum absolute atomic E-state index is 0.141. The van der Waals surface area contributed by atoms with Crippen LogP contribution in [-0.2, 0) is 0 Å². The van der Waals surface area contributed by atoms with E-state index in [4.69, 9.17) is 25.5 Å². The first-order valence-corrected chi connectivity index (χ1v) is 7.37. The van der Waals surface area contributed by atoms with Crippen LogP contribution in [-0.4, -0.2) is 22.9 Å². The van der Waals surface area contributed by atoms with Crippen molar-refractivity contribution in [2.45, 2.75) is 0 Å². The van der Waals surface area contributed by atoms with Crippen molar-refractivity contribution in [3.63, 3.8) is 0 Å². The molecule has 24 heavy (non-hydrogen) atoms. The summed E-state index contributed by atoms with van der Waals surface area (Å²) in [5.74, 6) is 0.790. The second-order valence-corrected chi connectivity index (χ2v) is 5.38. The van der Waals surface area contributed by atoms with Crippen LogP contribution in [0.5, 0.6) is 11.5 Å². The largest absolute Gasteiger partial charge is 0.454 e. The number of amides is 1. The summed E-state index contributed by atoms with van der Waals surface area (Å²) < 4.78 is 15.9. The van der Waals surface area contributed by atoms with E-state index in [9.17, 15) is 4.79 Å². The Morgan fingerprint density at radius 2 is 1.83 bits per heavy atom. The van der Waals surface area contributed by atoms with Gasteiger partial charge in [-0.1, -0.05) is 11.6 Å². The Labute approximate surface area is 141 Å². The maximum atomic E-state index is 12.2. The molecule has 2 heterocycles. The zero-order valence-electron chi connectivity index (χ0n) is 12.2. The fourth-order valence-electron chi connectivity index (χ4n) is 2.18. The van der Waals surface area contributed by atoms with Crippen molar-refractivity contribution >= 4 is 23.2 Å². The molecular weight excluding hydrogens is 334 g/mol. The highest BCUT2D eigenvalue weighted by molar-refractivity contribution is 6.30. The molecule has 1 amide bonds. The predicted molar refractivity (Wildman–Crippen MR) is 85.3 cm³/mol. The quantitative estimate of drug-likeness (QED) is 0.784. The average Bonchev–Trinajstić information content (AvgIpc) is 3.24. The molecule has 4 rings (SSSR count). The van der Waals surface area contributed by atoms with Gasteiger partial charge in [-0.05, 0) is 36.4 Å². The Balaban J connectivity index is 1.52. The molecule has 7 nitrogen and oxygen atoms in total. The van der Waals surface area contributed by atoms with Crippen LogP contribution in [0.4, 0.5) is 5.69 Å². The summed E-state index contributed by atoms with van der Waals surface area (Å²) in [5.41, 5.74) is 1.21. The lowest BCUT2D eigenvalue weighted by Gasteiger charge is -2.03. The number of ether oxygens (including phenoxy) is 2. The van der Waals surface area contributed by atoms with Gasteiger partial charge in [0.2, 0.25) is 12.7 Å². The van der Waals surface area contributed by atoms with Gasteiger partial charge in [-0.15, -0.1) is 10.2 Å². The zero-order valence-corrected chi connectivity index (χ0v) is 12.9. The van der Waals surface area contributed by atoms with Gasteiger partial charge in [0.15, 0.2) is 11.5 Å². The first kappa shape index (κ1) is 14.5. The zero-order chi connectivity index (χ0) is 16.5. The maximum absolute atomic E-state index is 12.2. The number of nitrogens with zero attached hydrogens (tertiary/aromatic N) is 2. The molecule has 120 valence electrons. The molecule has 0 bridgehead atoms.